The number of carbonyl (C=O) groups excluding carboxylic acids is 2. The second-order valence-electron chi connectivity index (χ2n) is 5.74. The molecule has 0 fully saturated rings. The van der Waals surface area contributed by atoms with Gasteiger partial charge in [-0.1, -0.05) is 6.07 Å². The number of pyridine rings is 1. The zero-order valence-electron chi connectivity index (χ0n) is 14.7. The molecule has 0 radical (unpaired) electrons. The first-order valence-corrected chi connectivity index (χ1v) is 8.29. The van der Waals surface area contributed by atoms with Crippen LogP contribution in [0.2, 0.25) is 0 Å². The highest BCUT2D eigenvalue weighted by Crippen LogP contribution is 2.27. The minimum atomic E-state index is -0.589. The third-order valence-electron chi connectivity index (χ3n) is 3.93. The molecule has 0 atom stereocenters. The molecule has 3 rings (SSSR count). The predicted molar refractivity (Wildman–Crippen MR) is 97.1 cm³/mol. The maximum absolute atomic E-state index is 12.6. The first kappa shape index (κ1) is 18.4. The standard InChI is InChI=1S/C19H19N3O5/c1-26-19(25)16-12-22(8-9-23)18(24)17(16)21-13-4-2-5-14(10-13)27-15-6-3-7-20-11-15/h2-7,10-11,21,23H,8-9,12H2,1H3. The van der Waals surface area contributed by atoms with E-state index in [1.807, 2.05) is 0 Å². The van der Waals surface area contributed by atoms with Crippen LogP contribution in [0.1, 0.15) is 0 Å². The van der Waals surface area contributed by atoms with Gasteiger partial charge in [0, 0.05) is 24.5 Å². The summed E-state index contributed by atoms with van der Waals surface area (Å²) in [5, 5.41) is 12.1. The van der Waals surface area contributed by atoms with Gasteiger partial charge in [0.05, 0.1) is 32.0 Å². The zero-order valence-corrected chi connectivity index (χ0v) is 14.7. The first-order chi connectivity index (χ1) is 13.1. The van der Waals surface area contributed by atoms with Gasteiger partial charge in [-0.25, -0.2) is 4.79 Å². The molecule has 27 heavy (non-hydrogen) atoms. The van der Waals surface area contributed by atoms with Crippen LogP contribution in [0.3, 0.4) is 0 Å². The second kappa shape index (κ2) is 8.33. The summed E-state index contributed by atoms with van der Waals surface area (Å²) in [5.41, 5.74) is 0.926. The van der Waals surface area contributed by atoms with E-state index in [4.69, 9.17) is 14.6 Å². The zero-order chi connectivity index (χ0) is 19.2. The Labute approximate surface area is 156 Å². The van der Waals surface area contributed by atoms with Crippen LogP contribution in [0.15, 0.2) is 60.1 Å². The SMILES string of the molecule is COC(=O)C1=C(Nc2cccc(Oc3cccnc3)c2)C(=O)N(CCO)C1. The molecule has 0 bridgehead atoms. The molecule has 0 unspecified atom stereocenters. The van der Waals surface area contributed by atoms with Crippen molar-refractivity contribution in [3.8, 4) is 11.5 Å². The number of anilines is 1. The Morgan fingerprint density at radius 1 is 1.30 bits per heavy atom. The number of nitrogens with zero attached hydrogens (tertiary/aromatic N) is 2. The topological polar surface area (TPSA) is 101 Å². The van der Waals surface area contributed by atoms with Crippen molar-refractivity contribution in [1.82, 2.24) is 9.88 Å². The number of ether oxygens (including phenoxy) is 2. The highest BCUT2D eigenvalue weighted by molar-refractivity contribution is 6.08. The van der Waals surface area contributed by atoms with E-state index in [-0.39, 0.29) is 36.9 Å². The van der Waals surface area contributed by atoms with Gasteiger partial charge >= 0.3 is 5.97 Å². The summed E-state index contributed by atoms with van der Waals surface area (Å²) in [5.74, 6) is 0.165. The van der Waals surface area contributed by atoms with Gasteiger partial charge in [-0.05, 0) is 24.3 Å². The first-order valence-electron chi connectivity index (χ1n) is 8.29. The summed E-state index contributed by atoms with van der Waals surface area (Å²) in [4.78, 5) is 29.9. The van der Waals surface area contributed by atoms with Crippen molar-refractivity contribution in [2.24, 2.45) is 0 Å². The third-order valence-corrected chi connectivity index (χ3v) is 3.93. The molecule has 2 heterocycles. The number of carbonyl (C=O) groups is 2. The lowest BCUT2D eigenvalue weighted by Gasteiger charge is -2.15. The number of aliphatic hydroxyl groups is 1. The van der Waals surface area contributed by atoms with E-state index >= 15 is 0 Å². The van der Waals surface area contributed by atoms with E-state index in [2.05, 4.69) is 10.3 Å². The molecule has 1 amide bonds. The number of nitrogens with one attached hydrogen (secondary N) is 1. The van der Waals surface area contributed by atoms with Gasteiger partial charge in [0.2, 0.25) is 0 Å². The Morgan fingerprint density at radius 2 is 2.11 bits per heavy atom. The molecule has 0 spiro atoms. The number of hydrogen-bond donors (Lipinski definition) is 2. The Hall–Kier alpha value is -3.39. The number of esters is 1. The Balaban J connectivity index is 1.83. The Morgan fingerprint density at radius 3 is 2.81 bits per heavy atom. The van der Waals surface area contributed by atoms with E-state index in [1.165, 1.54) is 12.0 Å². The van der Waals surface area contributed by atoms with Crippen LogP contribution in [0.4, 0.5) is 5.69 Å². The summed E-state index contributed by atoms with van der Waals surface area (Å²) >= 11 is 0. The van der Waals surface area contributed by atoms with E-state index < -0.39 is 5.97 Å². The van der Waals surface area contributed by atoms with Crippen LogP contribution in [-0.4, -0.2) is 53.7 Å². The number of amides is 1. The predicted octanol–water partition coefficient (Wildman–Crippen LogP) is 1.55. The monoisotopic (exact) mass is 369 g/mol. The highest BCUT2D eigenvalue weighted by atomic mass is 16.5. The van der Waals surface area contributed by atoms with Crippen molar-refractivity contribution in [3.63, 3.8) is 0 Å². The van der Waals surface area contributed by atoms with Crippen molar-refractivity contribution in [3.05, 3.63) is 60.1 Å². The summed E-state index contributed by atoms with van der Waals surface area (Å²) < 4.78 is 10.5. The fraction of sp³-hybridized carbons (Fsp3) is 0.211. The minimum absolute atomic E-state index is 0.0836. The maximum atomic E-state index is 12.6. The van der Waals surface area contributed by atoms with E-state index in [0.29, 0.717) is 17.2 Å². The van der Waals surface area contributed by atoms with Crippen LogP contribution >= 0.6 is 0 Å². The quantitative estimate of drug-likeness (QED) is 0.714. The summed E-state index contributed by atoms with van der Waals surface area (Å²) in [7, 11) is 1.26. The third kappa shape index (κ3) is 4.24. The van der Waals surface area contributed by atoms with Crippen molar-refractivity contribution in [2.45, 2.75) is 0 Å². The molecule has 0 saturated heterocycles. The minimum Gasteiger partial charge on any atom is -0.466 e. The van der Waals surface area contributed by atoms with Gasteiger partial charge in [-0.2, -0.15) is 0 Å². The fourth-order valence-corrected chi connectivity index (χ4v) is 2.67. The molecule has 1 aliphatic heterocycles. The molecule has 1 aromatic heterocycles. The normalized spacial score (nSPS) is 13.7. The molecular formula is C19H19N3O5. The molecule has 0 aliphatic carbocycles. The molecule has 1 aliphatic rings. The summed E-state index contributed by atoms with van der Waals surface area (Å²) in [6.07, 6.45) is 3.24. The van der Waals surface area contributed by atoms with Crippen LogP contribution < -0.4 is 10.1 Å². The molecule has 8 heteroatoms. The van der Waals surface area contributed by atoms with E-state index in [1.54, 1.807) is 48.8 Å². The fourth-order valence-electron chi connectivity index (χ4n) is 2.67. The van der Waals surface area contributed by atoms with Gasteiger partial charge in [-0.15, -0.1) is 0 Å². The summed E-state index contributed by atoms with van der Waals surface area (Å²) in [6.45, 7) is 0.0247. The van der Waals surface area contributed by atoms with Crippen LogP contribution in [-0.2, 0) is 14.3 Å². The number of aliphatic hydroxyl groups excluding tert-OH is 1. The van der Waals surface area contributed by atoms with Crippen LogP contribution in [0.25, 0.3) is 0 Å². The molecule has 2 aromatic rings. The van der Waals surface area contributed by atoms with Gasteiger partial charge in [-0.3, -0.25) is 9.78 Å². The lowest BCUT2D eigenvalue weighted by Crippen LogP contribution is -2.31. The number of rotatable bonds is 7. The van der Waals surface area contributed by atoms with Gasteiger partial charge in [0.25, 0.3) is 5.91 Å². The lowest BCUT2D eigenvalue weighted by atomic mass is 10.2. The average molecular weight is 369 g/mol. The number of methoxy groups -OCH3 is 1. The Kier molecular flexibility index (Phi) is 5.68. The number of β-amino-alcohol motifs (C(OH)–C–C–N with tert-alkyl or cyclic N) is 1. The average Bonchev–Trinajstić information content (AvgIpc) is 2.99. The number of benzene rings is 1. The lowest BCUT2D eigenvalue weighted by molar-refractivity contribution is -0.136. The van der Waals surface area contributed by atoms with Crippen LogP contribution in [0, 0.1) is 0 Å². The molecular weight excluding hydrogens is 350 g/mol. The Bertz CT molecular complexity index is 867. The second-order valence-corrected chi connectivity index (χ2v) is 5.74. The number of hydrogen-bond acceptors (Lipinski definition) is 7. The van der Waals surface area contributed by atoms with Gasteiger partial charge in [0.1, 0.15) is 17.2 Å². The van der Waals surface area contributed by atoms with Gasteiger partial charge < -0.3 is 24.8 Å². The molecule has 140 valence electrons. The molecule has 1 aromatic carbocycles. The van der Waals surface area contributed by atoms with Crippen molar-refractivity contribution in [2.75, 3.05) is 32.1 Å². The highest BCUT2D eigenvalue weighted by Gasteiger charge is 2.34. The molecule has 2 N–H and O–H groups in total. The maximum Gasteiger partial charge on any atom is 0.337 e. The van der Waals surface area contributed by atoms with E-state index in [9.17, 15) is 9.59 Å². The smallest absolute Gasteiger partial charge is 0.337 e. The van der Waals surface area contributed by atoms with E-state index in [0.717, 1.165) is 0 Å². The van der Waals surface area contributed by atoms with Gasteiger partial charge in [0.15, 0.2) is 0 Å². The molecule has 8 nitrogen and oxygen atoms in total. The number of aromatic nitrogens is 1. The van der Waals surface area contributed by atoms with Crippen molar-refractivity contribution < 1.29 is 24.2 Å². The summed E-state index contributed by atoms with van der Waals surface area (Å²) in [6, 6.07) is 10.5. The largest absolute Gasteiger partial charge is 0.466 e. The van der Waals surface area contributed by atoms with Crippen molar-refractivity contribution >= 4 is 17.6 Å². The molecule has 0 saturated carbocycles. The van der Waals surface area contributed by atoms with Crippen molar-refractivity contribution in [1.29, 1.82) is 0 Å². The van der Waals surface area contributed by atoms with Crippen LogP contribution in [0.5, 0.6) is 11.5 Å².